The van der Waals surface area contributed by atoms with Crippen molar-refractivity contribution in [3.8, 4) is 6.07 Å². The first-order chi connectivity index (χ1) is 16.1. The Morgan fingerprint density at radius 1 is 1.06 bits per heavy atom. The lowest BCUT2D eigenvalue weighted by atomic mass is 9.97. The predicted octanol–water partition coefficient (Wildman–Crippen LogP) is 3.55. The Hall–Kier alpha value is -4.28. The van der Waals surface area contributed by atoms with Crippen LogP contribution in [-0.4, -0.2) is 35.3 Å². The number of aromatic amines is 1. The Bertz CT molecular complexity index is 1320. The third-order valence-corrected chi connectivity index (χ3v) is 5.50. The second-order valence-electron chi connectivity index (χ2n) is 7.59. The van der Waals surface area contributed by atoms with Crippen LogP contribution < -0.4 is 10.6 Å². The zero-order valence-electron chi connectivity index (χ0n) is 18.1. The molecule has 1 unspecified atom stereocenters. The van der Waals surface area contributed by atoms with Crippen molar-refractivity contribution in [1.82, 2.24) is 20.6 Å². The molecular formula is C26H23N5O2. The van der Waals surface area contributed by atoms with Crippen LogP contribution in [0.4, 0.5) is 0 Å². The third kappa shape index (κ3) is 4.81. The molecule has 2 aromatic carbocycles. The molecule has 164 valence electrons. The average molecular weight is 438 g/mol. The zero-order chi connectivity index (χ0) is 23.2. The Balaban J connectivity index is 1.57. The molecule has 0 aliphatic rings. The monoisotopic (exact) mass is 437 g/mol. The van der Waals surface area contributed by atoms with E-state index in [0.29, 0.717) is 35.1 Å². The largest absolute Gasteiger partial charge is 0.354 e. The normalized spacial score (nSPS) is 11.6. The summed E-state index contributed by atoms with van der Waals surface area (Å²) in [5.74, 6) is -0.368. The molecule has 7 nitrogen and oxygen atoms in total. The fourth-order valence-electron chi connectivity index (χ4n) is 3.73. The quantitative estimate of drug-likeness (QED) is 0.365. The van der Waals surface area contributed by atoms with Crippen LogP contribution in [0.25, 0.3) is 11.0 Å². The SMILES string of the molecule is CNC(=O)c1ccc2c(C(=O)C(NCCc3ccc(C#N)cc3)c3ccccc3)c[nH]c2n1. The van der Waals surface area contributed by atoms with E-state index in [9.17, 15) is 9.59 Å². The van der Waals surface area contributed by atoms with E-state index in [1.54, 1.807) is 37.5 Å². The van der Waals surface area contributed by atoms with Gasteiger partial charge in [0.1, 0.15) is 11.3 Å². The highest BCUT2D eigenvalue weighted by Crippen LogP contribution is 2.24. The lowest BCUT2D eigenvalue weighted by Gasteiger charge is -2.18. The molecule has 0 saturated heterocycles. The fourth-order valence-corrected chi connectivity index (χ4v) is 3.73. The van der Waals surface area contributed by atoms with Crippen LogP contribution in [0.3, 0.4) is 0 Å². The highest BCUT2D eigenvalue weighted by atomic mass is 16.1. The van der Waals surface area contributed by atoms with Crippen molar-refractivity contribution in [3.63, 3.8) is 0 Å². The van der Waals surface area contributed by atoms with Gasteiger partial charge in [-0.3, -0.25) is 9.59 Å². The number of benzene rings is 2. The number of nitrogens with zero attached hydrogens (tertiary/aromatic N) is 2. The highest BCUT2D eigenvalue weighted by Gasteiger charge is 2.24. The number of nitriles is 1. The maximum atomic E-state index is 13.6. The number of nitrogens with one attached hydrogen (secondary N) is 3. The molecule has 2 aromatic heterocycles. The maximum Gasteiger partial charge on any atom is 0.269 e. The van der Waals surface area contributed by atoms with Gasteiger partial charge in [-0.05, 0) is 41.8 Å². The topological polar surface area (TPSA) is 111 Å². The number of aromatic nitrogens is 2. The number of amides is 1. The van der Waals surface area contributed by atoms with Crippen LogP contribution in [0.5, 0.6) is 0 Å². The first kappa shape index (κ1) is 21.9. The van der Waals surface area contributed by atoms with Crippen molar-refractivity contribution >= 4 is 22.7 Å². The molecule has 4 rings (SSSR count). The molecular weight excluding hydrogens is 414 g/mol. The van der Waals surface area contributed by atoms with Gasteiger partial charge in [-0.15, -0.1) is 0 Å². The molecule has 0 saturated carbocycles. The van der Waals surface area contributed by atoms with E-state index in [1.165, 1.54) is 0 Å². The number of H-pyrrole nitrogens is 1. The van der Waals surface area contributed by atoms with E-state index in [4.69, 9.17) is 5.26 Å². The molecule has 2 heterocycles. The van der Waals surface area contributed by atoms with Crippen molar-refractivity contribution in [2.24, 2.45) is 0 Å². The van der Waals surface area contributed by atoms with E-state index >= 15 is 0 Å². The molecule has 0 radical (unpaired) electrons. The fraction of sp³-hybridized carbons (Fsp3) is 0.154. The Morgan fingerprint density at radius 3 is 2.52 bits per heavy atom. The molecule has 4 aromatic rings. The summed E-state index contributed by atoms with van der Waals surface area (Å²) in [6, 6.07) is 22.0. The number of rotatable bonds is 8. The van der Waals surface area contributed by atoms with Gasteiger partial charge < -0.3 is 15.6 Å². The van der Waals surface area contributed by atoms with E-state index in [2.05, 4.69) is 26.7 Å². The number of Topliss-reactive ketones (excluding diaryl/α,β-unsaturated/α-hetero) is 1. The second kappa shape index (κ2) is 9.90. The lowest BCUT2D eigenvalue weighted by Crippen LogP contribution is -2.30. The summed E-state index contributed by atoms with van der Waals surface area (Å²) in [6.45, 7) is 0.582. The number of pyridine rings is 1. The molecule has 1 atom stereocenters. The van der Waals surface area contributed by atoms with Crippen molar-refractivity contribution in [3.05, 3.63) is 101 Å². The number of hydrogen-bond donors (Lipinski definition) is 3. The second-order valence-corrected chi connectivity index (χ2v) is 7.59. The van der Waals surface area contributed by atoms with Crippen LogP contribution in [0.1, 0.15) is 43.6 Å². The zero-order valence-corrected chi connectivity index (χ0v) is 18.1. The first-order valence-corrected chi connectivity index (χ1v) is 10.6. The summed E-state index contributed by atoms with van der Waals surface area (Å²) >= 11 is 0. The number of carbonyl (C=O) groups excluding carboxylic acids is 2. The predicted molar refractivity (Wildman–Crippen MR) is 126 cm³/mol. The molecule has 0 spiro atoms. The number of ketones is 1. The Labute approximate surface area is 191 Å². The standard InChI is InChI=1S/C26H23N5O2/c1-28-26(33)22-12-11-20-21(16-30-25(20)31-22)24(32)23(19-5-3-2-4-6-19)29-14-13-17-7-9-18(15-27)10-8-17/h2-12,16,23,29H,13-14H2,1H3,(H,28,33)(H,30,31). The molecule has 7 heteroatoms. The minimum atomic E-state index is -0.540. The van der Waals surface area contributed by atoms with Gasteiger partial charge in [-0.25, -0.2) is 4.98 Å². The van der Waals surface area contributed by atoms with Gasteiger partial charge in [-0.2, -0.15) is 5.26 Å². The van der Waals surface area contributed by atoms with Gasteiger partial charge in [-0.1, -0.05) is 42.5 Å². The smallest absolute Gasteiger partial charge is 0.269 e. The minimum absolute atomic E-state index is 0.0817. The molecule has 33 heavy (non-hydrogen) atoms. The van der Waals surface area contributed by atoms with E-state index in [1.807, 2.05) is 42.5 Å². The highest BCUT2D eigenvalue weighted by molar-refractivity contribution is 6.10. The molecule has 1 amide bonds. The molecule has 0 fully saturated rings. The van der Waals surface area contributed by atoms with Gasteiger partial charge in [0.25, 0.3) is 5.91 Å². The lowest BCUT2D eigenvalue weighted by molar-refractivity contribution is 0.0942. The van der Waals surface area contributed by atoms with Crippen LogP contribution in [-0.2, 0) is 6.42 Å². The summed E-state index contributed by atoms with van der Waals surface area (Å²) in [5, 5.41) is 15.6. The van der Waals surface area contributed by atoms with Gasteiger partial charge in [0.05, 0.1) is 17.7 Å². The molecule has 0 aliphatic carbocycles. The third-order valence-electron chi connectivity index (χ3n) is 5.50. The summed E-state index contributed by atoms with van der Waals surface area (Å²) in [6.07, 6.45) is 2.36. The van der Waals surface area contributed by atoms with Crippen LogP contribution in [0.15, 0.2) is 72.9 Å². The maximum absolute atomic E-state index is 13.6. The number of hydrogen-bond acceptors (Lipinski definition) is 5. The van der Waals surface area contributed by atoms with Gasteiger partial charge in [0.15, 0.2) is 5.78 Å². The van der Waals surface area contributed by atoms with Gasteiger partial charge in [0, 0.05) is 30.7 Å². The Kier molecular flexibility index (Phi) is 6.58. The van der Waals surface area contributed by atoms with Gasteiger partial charge >= 0.3 is 0 Å². The molecule has 0 aliphatic heterocycles. The van der Waals surface area contributed by atoms with Crippen LogP contribution >= 0.6 is 0 Å². The van der Waals surface area contributed by atoms with Crippen LogP contribution in [0, 0.1) is 11.3 Å². The van der Waals surface area contributed by atoms with Crippen molar-refractivity contribution < 1.29 is 9.59 Å². The summed E-state index contributed by atoms with van der Waals surface area (Å²) in [5.41, 5.74) is 3.86. The van der Waals surface area contributed by atoms with E-state index in [0.717, 1.165) is 11.1 Å². The minimum Gasteiger partial charge on any atom is -0.354 e. The summed E-state index contributed by atoms with van der Waals surface area (Å²) < 4.78 is 0. The van der Waals surface area contributed by atoms with E-state index < -0.39 is 6.04 Å². The number of fused-ring (bicyclic) bond motifs is 1. The van der Waals surface area contributed by atoms with Crippen LogP contribution in [0.2, 0.25) is 0 Å². The Morgan fingerprint density at radius 2 is 1.82 bits per heavy atom. The van der Waals surface area contributed by atoms with Gasteiger partial charge in [0.2, 0.25) is 0 Å². The molecule has 3 N–H and O–H groups in total. The average Bonchev–Trinajstić information content (AvgIpc) is 3.30. The summed E-state index contributed by atoms with van der Waals surface area (Å²) in [7, 11) is 1.55. The number of carbonyl (C=O) groups is 2. The first-order valence-electron chi connectivity index (χ1n) is 10.6. The van der Waals surface area contributed by atoms with E-state index in [-0.39, 0.29) is 17.4 Å². The van der Waals surface area contributed by atoms with Crippen molar-refractivity contribution in [2.75, 3.05) is 13.6 Å². The van der Waals surface area contributed by atoms with Crippen molar-refractivity contribution in [1.29, 1.82) is 5.26 Å². The summed E-state index contributed by atoms with van der Waals surface area (Å²) in [4.78, 5) is 32.8. The molecule has 0 bridgehead atoms. The van der Waals surface area contributed by atoms with Crippen molar-refractivity contribution in [2.45, 2.75) is 12.5 Å².